The Morgan fingerprint density at radius 3 is 2.27 bits per heavy atom. The second-order valence-electron chi connectivity index (χ2n) is 16.0. The number of amides is 2. The number of aliphatic hydroxyl groups is 2. The molecular weight excluding hydrogens is 776 g/mol. The summed E-state index contributed by atoms with van der Waals surface area (Å²) in [6.45, 7) is 16.9. The van der Waals surface area contributed by atoms with Crippen molar-refractivity contribution in [3.63, 3.8) is 0 Å². The van der Waals surface area contributed by atoms with Gasteiger partial charge >= 0.3 is 11.8 Å². The first kappa shape index (κ1) is 47.6. The number of phenolic OH excluding ortho intramolecular Hbond substituents is 2. The molecule has 0 fully saturated rings. The molecule has 0 saturated carbocycles. The van der Waals surface area contributed by atoms with Crippen LogP contribution in [0.1, 0.15) is 91.1 Å². The van der Waals surface area contributed by atoms with Crippen molar-refractivity contribution >= 4 is 40.0 Å². The number of unbranched alkanes of at least 4 members (excludes halogenated alkanes) is 1. The first-order valence-electron chi connectivity index (χ1n) is 20.5. The minimum Gasteiger partial charge on any atom is -0.507 e. The zero-order valence-corrected chi connectivity index (χ0v) is 36.5. The number of nitrogens with one attached hydrogen (secondary N) is 1. The number of aromatic hydroxyl groups is 2. The highest BCUT2D eigenvalue weighted by molar-refractivity contribution is 6.21. The van der Waals surface area contributed by atoms with Crippen LogP contribution < -0.4 is 14.8 Å². The third kappa shape index (κ3) is 9.90. The second-order valence-corrected chi connectivity index (χ2v) is 16.0. The quantitative estimate of drug-likeness (QED) is 0.144. The van der Waals surface area contributed by atoms with E-state index < -0.39 is 89.6 Å². The molecule has 2 aromatic rings. The standard InChI is InChI=1S/C45H62N2O13/c1-12-14-19-47(13-2)33(49)22-57-32-21-30-40(53)35-34(32)36-42(28(8)39(35)52)60-45(10,43(36)54)58-20-18-31(56-11)25(5)41(59-29(9)48)27(7)38(51)26(6)37(50)23(3)16-15-17-24(4)44(55)46-30/h15-18,20-21,23,25-27,31,37-38,41,50-53H,12-14,19,22H2,1-11H3,(H,46,55)/b16-15+,20-18+,24-17+. The number of anilines is 1. The maximum atomic E-state index is 14.5. The van der Waals surface area contributed by atoms with Crippen LogP contribution >= 0.6 is 0 Å². The van der Waals surface area contributed by atoms with Gasteiger partial charge in [-0.1, -0.05) is 59.3 Å². The molecule has 2 aromatic carbocycles. The number of fused-ring (bicyclic) bond motifs is 14. The maximum absolute atomic E-state index is 14.5. The number of ether oxygens (including phenoxy) is 5. The molecule has 3 heterocycles. The maximum Gasteiger partial charge on any atom is 0.312 e. The molecule has 0 aromatic heterocycles. The Morgan fingerprint density at radius 2 is 1.65 bits per heavy atom. The van der Waals surface area contributed by atoms with Gasteiger partial charge in [0.25, 0.3) is 17.6 Å². The normalized spacial score (nSPS) is 29.5. The van der Waals surface area contributed by atoms with E-state index in [4.69, 9.17) is 23.7 Å². The van der Waals surface area contributed by atoms with Gasteiger partial charge in [-0.2, -0.15) is 0 Å². The Labute approximate surface area is 352 Å². The summed E-state index contributed by atoms with van der Waals surface area (Å²) in [5, 5.41) is 48.6. The van der Waals surface area contributed by atoms with E-state index in [9.17, 15) is 39.6 Å². The number of carbonyl (C=O) groups is 4. The number of likely N-dealkylation sites (N-methyl/N-ethyl adjacent to an activating group) is 1. The Morgan fingerprint density at radius 1 is 0.967 bits per heavy atom. The van der Waals surface area contributed by atoms with Crippen molar-refractivity contribution in [3.8, 4) is 23.0 Å². The molecule has 2 amide bonds. The number of esters is 1. The van der Waals surface area contributed by atoms with E-state index >= 15 is 0 Å². The number of rotatable bonds is 9. The van der Waals surface area contributed by atoms with Crippen molar-refractivity contribution in [3.05, 3.63) is 53.3 Å². The van der Waals surface area contributed by atoms with Crippen molar-refractivity contribution in [1.82, 2.24) is 4.90 Å². The van der Waals surface area contributed by atoms with Crippen LogP contribution in [-0.4, -0.2) is 106 Å². The van der Waals surface area contributed by atoms with Gasteiger partial charge in [0.1, 0.15) is 23.4 Å². The highest BCUT2D eigenvalue weighted by atomic mass is 16.7. The van der Waals surface area contributed by atoms with E-state index in [1.165, 1.54) is 59.3 Å². The van der Waals surface area contributed by atoms with Crippen molar-refractivity contribution in [2.45, 2.75) is 112 Å². The van der Waals surface area contributed by atoms with Gasteiger partial charge in [0.05, 0.1) is 41.2 Å². The summed E-state index contributed by atoms with van der Waals surface area (Å²) in [6, 6.07) is 1.28. The number of allylic oxidation sites excluding steroid dienone is 2. The van der Waals surface area contributed by atoms with Gasteiger partial charge in [-0.05, 0) is 33.3 Å². The molecule has 0 saturated heterocycles. The topological polar surface area (TPSA) is 211 Å². The monoisotopic (exact) mass is 838 g/mol. The van der Waals surface area contributed by atoms with Crippen LogP contribution in [-0.2, 0) is 28.6 Å². The molecule has 0 aliphatic carbocycles. The molecule has 3 aliphatic rings. The van der Waals surface area contributed by atoms with Gasteiger partial charge in [0, 0.05) is 80.3 Å². The molecule has 330 valence electrons. The zero-order valence-electron chi connectivity index (χ0n) is 36.5. The number of hydrogen-bond donors (Lipinski definition) is 5. The molecule has 9 atom stereocenters. The average molecular weight is 839 g/mol. The van der Waals surface area contributed by atoms with Crippen LogP contribution in [0.5, 0.6) is 23.0 Å². The average Bonchev–Trinajstić information content (AvgIpc) is 3.48. The number of hydrogen-bond acceptors (Lipinski definition) is 13. The fourth-order valence-corrected chi connectivity index (χ4v) is 7.79. The summed E-state index contributed by atoms with van der Waals surface area (Å²) in [5.41, 5.74) is 0.00765. The van der Waals surface area contributed by atoms with Crippen molar-refractivity contribution in [2.24, 2.45) is 23.7 Å². The zero-order chi connectivity index (χ0) is 44.8. The first-order valence-corrected chi connectivity index (χ1v) is 20.5. The van der Waals surface area contributed by atoms with Crippen LogP contribution in [0, 0.1) is 30.6 Å². The third-order valence-electron chi connectivity index (χ3n) is 11.7. The number of carbonyl (C=O) groups excluding carboxylic acids is 4. The number of ketones is 1. The van der Waals surface area contributed by atoms with Gasteiger partial charge < -0.3 is 54.3 Å². The van der Waals surface area contributed by atoms with E-state index in [0.29, 0.717) is 13.1 Å². The van der Waals surface area contributed by atoms with Crippen molar-refractivity contribution < 1.29 is 63.3 Å². The lowest BCUT2D eigenvalue weighted by Gasteiger charge is -2.38. The fraction of sp³-hybridized carbons (Fsp3) is 0.556. The van der Waals surface area contributed by atoms with Gasteiger partial charge in [-0.15, -0.1) is 0 Å². The molecule has 0 radical (unpaired) electrons. The molecule has 9 unspecified atom stereocenters. The molecule has 5 bridgehead atoms. The van der Waals surface area contributed by atoms with Gasteiger partial charge in [0.2, 0.25) is 0 Å². The Hall–Kier alpha value is -5.12. The molecule has 0 spiro atoms. The lowest BCUT2D eigenvalue weighted by molar-refractivity contribution is -0.160. The summed E-state index contributed by atoms with van der Waals surface area (Å²) in [4.78, 5) is 55.4. The van der Waals surface area contributed by atoms with Gasteiger partial charge in [0.15, 0.2) is 12.4 Å². The lowest BCUT2D eigenvalue weighted by Crippen LogP contribution is -2.46. The highest BCUT2D eigenvalue weighted by Crippen LogP contribution is 2.54. The van der Waals surface area contributed by atoms with Crippen LogP contribution in [0.2, 0.25) is 0 Å². The Kier molecular flexibility index (Phi) is 15.8. The molecule has 15 nitrogen and oxygen atoms in total. The van der Waals surface area contributed by atoms with Gasteiger partial charge in [-0.3, -0.25) is 19.2 Å². The number of methoxy groups -OCH3 is 1. The lowest BCUT2D eigenvalue weighted by atomic mass is 9.78. The van der Waals surface area contributed by atoms with Crippen LogP contribution in [0.15, 0.2) is 42.2 Å². The summed E-state index contributed by atoms with van der Waals surface area (Å²) in [6.07, 6.45) is 5.26. The number of nitrogens with zero attached hydrogens (tertiary/aromatic N) is 1. The van der Waals surface area contributed by atoms with E-state index in [1.807, 2.05) is 13.8 Å². The molecule has 15 heteroatoms. The van der Waals surface area contributed by atoms with E-state index in [0.717, 1.165) is 12.8 Å². The summed E-state index contributed by atoms with van der Waals surface area (Å²) in [5.74, 6) is -7.96. The van der Waals surface area contributed by atoms with Crippen LogP contribution in [0.4, 0.5) is 5.69 Å². The van der Waals surface area contributed by atoms with Crippen molar-refractivity contribution in [2.75, 3.05) is 32.1 Å². The minimum atomic E-state index is -2.02. The number of benzene rings is 2. The fourth-order valence-electron chi connectivity index (χ4n) is 7.79. The largest absolute Gasteiger partial charge is 0.507 e. The number of aliphatic hydroxyl groups excluding tert-OH is 2. The second kappa shape index (κ2) is 20.0. The van der Waals surface area contributed by atoms with Gasteiger partial charge in [-0.25, -0.2) is 0 Å². The smallest absolute Gasteiger partial charge is 0.312 e. The number of Topliss-reactive ketones (excluding diaryl/α,β-unsaturated/α-hetero) is 1. The molecule has 5 rings (SSSR count). The highest BCUT2D eigenvalue weighted by Gasteiger charge is 2.49. The van der Waals surface area contributed by atoms with E-state index in [2.05, 4.69) is 5.32 Å². The number of phenols is 2. The molecule has 60 heavy (non-hydrogen) atoms. The predicted molar refractivity (Wildman–Crippen MR) is 225 cm³/mol. The SMILES string of the molecule is CCCCN(CC)C(=O)COc1cc2c(O)c3c(O)c(C)c4c(c13)C(=O)C(C)(O/C=C/C(OC)C(C)C(OC(C)=O)C(C)C(O)C(C)C(O)C(C)/C=C/C=C(\C)C(=O)N2)O4. The first-order chi connectivity index (χ1) is 28.2. The summed E-state index contributed by atoms with van der Waals surface area (Å²) >= 11 is 0. The minimum absolute atomic E-state index is 0.0533. The molecular formula is C45H62N2O13. The van der Waals surface area contributed by atoms with Crippen molar-refractivity contribution in [1.29, 1.82) is 0 Å². The third-order valence-corrected chi connectivity index (χ3v) is 11.7. The predicted octanol–water partition coefficient (Wildman–Crippen LogP) is 6.08. The van der Waals surface area contributed by atoms with E-state index in [-0.39, 0.29) is 50.6 Å². The van der Waals surface area contributed by atoms with Crippen LogP contribution in [0.25, 0.3) is 10.8 Å². The summed E-state index contributed by atoms with van der Waals surface area (Å²) in [7, 11) is 1.44. The molecule has 5 N–H and O–H groups in total. The Balaban J connectivity index is 1.93. The molecule has 3 aliphatic heterocycles. The van der Waals surface area contributed by atoms with Crippen LogP contribution in [0.3, 0.4) is 0 Å². The van der Waals surface area contributed by atoms with E-state index in [1.54, 1.807) is 44.7 Å². The summed E-state index contributed by atoms with van der Waals surface area (Å²) < 4.78 is 29.8. The Bertz CT molecular complexity index is 2030.